The summed E-state index contributed by atoms with van der Waals surface area (Å²) in [6.07, 6.45) is 1.98. The van der Waals surface area contributed by atoms with Gasteiger partial charge in [0.2, 0.25) is 12.3 Å². The normalized spacial score (nSPS) is 10.7. The number of hydrogen-bond acceptors (Lipinski definition) is 6. The van der Waals surface area contributed by atoms with Crippen LogP contribution >= 0.6 is 0 Å². The van der Waals surface area contributed by atoms with Crippen molar-refractivity contribution in [3.05, 3.63) is 60.4 Å². The molecule has 4 aromatic rings. The number of anilines is 2. The number of carbonyl (C=O) groups excluding carboxylic acids is 2. The fourth-order valence-electron chi connectivity index (χ4n) is 2.92. The van der Waals surface area contributed by atoms with E-state index in [0.29, 0.717) is 40.2 Å². The fraction of sp³-hybridized carbons (Fsp3) is 0. The number of primary amides is 1. The standard InChI is InChI=1S/C19H15N7O2/c20-17-15-16(11-1-3-12(4-2-11)18(21)28)25-26(19(15)23-9-22-17)14-7-5-13(6-8-14)24-10-27/h1-10H,(H2,21,28)(H,24,27)(H2,20,22,23). The van der Waals surface area contributed by atoms with E-state index in [4.69, 9.17) is 11.5 Å². The lowest BCUT2D eigenvalue weighted by molar-refractivity contribution is -0.105. The van der Waals surface area contributed by atoms with Gasteiger partial charge in [-0.1, -0.05) is 12.1 Å². The topological polar surface area (TPSA) is 142 Å². The largest absolute Gasteiger partial charge is 0.383 e. The van der Waals surface area contributed by atoms with Gasteiger partial charge in [0, 0.05) is 16.8 Å². The Morgan fingerprint density at radius 3 is 2.39 bits per heavy atom. The Morgan fingerprint density at radius 2 is 1.75 bits per heavy atom. The van der Waals surface area contributed by atoms with Crippen LogP contribution < -0.4 is 16.8 Å². The molecule has 138 valence electrons. The molecule has 0 spiro atoms. The zero-order valence-corrected chi connectivity index (χ0v) is 14.5. The molecule has 0 radical (unpaired) electrons. The highest BCUT2D eigenvalue weighted by Gasteiger charge is 2.18. The first kappa shape index (κ1) is 17.2. The molecule has 0 atom stereocenters. The van der Waals surface area contributed by atoms with Crippen LogP contribution in [0.3, 0.4) is 0 Å². The second-order valence-electron chi connectivity index (χ2n) is 5.97. The Balaban J connectivity index is 1.88. The number of nitrogens with zero attached hydrogens (tertiary/aromatic N) is 4. The van der Waals surface area contributed by atoms with Gasteiger partial charge in [0.25, 0.3) is 0 Å². The molecule has 0 aliphatic heterocycles. The molecule has 2 heterocycles. The quantitative estimate of drug-likeness (QED) is 0.455. The van der Waals surface area contributed by atoms with Crippen LogP contribution in [0.25, 0.3) is 28.0 Å². The smallest absolute Gasteiger partial charge is 0.248 e. The highest BCUT2D eigenvalue weighted by molar-refractivity contribution is 5.99. The van der Waals surface area contributed by atoms with Gasteiger partial charge in [-0.15, -0.1) is 0 Å². The fourth-order valence-corrected chi connectivity index (χ4v) is 2.92. The van der Waals surface area contributed by atoms with Crippen LogP contribution in [0.2, 0.25) is 0 Å². The summed E-state index contributed by atoms with van der Waals surface area (Å²) in [5.74, 6) is -0.210. The molecule has 0 aliphatic carbocycles. The van der Waals surface area contributed by atoms with Crippen LogP contribution in [0.4, 0.5) is 11.5 Å². The molecule has 4 rings (SSSR count). The van der Waals surface area contributed by atoms with E-state index in [2.05, 4.69) is 20.4 Å². The van der Waals surface area contributed by atoms with E-state index in [-0.39, 0.29) is 0 Å². The maximum absolute atomic E-state index is 11.3. The Hall–Kier alpha value is -4.27. The first-order chi connectivity index (χ1) is 13.6. The summed E-state index contributed by atoms with van der Waals surface area (Å²) in [4.78, 5) is 30.3. The number of nitrogens with one attached hydrogen (secondary N) is 1. The highest BCUT2D eigenvalue weighted by atomic mass is 16.1. The number of nitrogen functional groups attached to an aromatic ring is 1. The Kier molecular flexibility index (Phi) is 4.17. The Labute approximate surface area is 159 Å². The van der Waals surface area contributed by atoms with Crippen molar-refractivity contribution in [3.63, 3.8) is 0 Å². The lowest BCUT2D eigenvalue weighted by atomic mass is 10.1. The van der Waals surface area contributed by atoms with Gasteiger partial charge in [0.1, 0.15) is 17.8 Å². The first-order valence-corrected chi connectivity index (χ1v) is 8.28. The lowest BCUT2D eigenvalue weighted by Gasteiger charge is -2.04. The molecule has 2 aromatic carbocycles. The van der Waals surface area contributed by atoms with Crippen molar-refractivity contribution in [1.29, 1.82) is 0 Å². The molecule has 0 saturated heterocycles. The average Bonchev–Trinajstić information content (AvgIpc) is 3.10. The van der Waals surface area contributed by atoms with Crippen molar-refractivity contribution >= 4 is 34.9 Å². The van der Waals surface area contributed by atoms with Crippen molar-refractivity contribution in [2.24, 2.45) is 5.73 Å². The third-order valence-corrected chi connectivity index (χ3v) is 4.27. The van der Waals surface area contributed by atoms with Crippen molar-refractivity contribution in [1.82, 2.24) is 19.7 Å². The molecule has 0 aliphatic rings. The summed E-state index contributed by atoms with van der Waals surface area (Å²) in [5.41, 5.74) is 15.1. The Bertz CT molecular complexity index is 1180. The van der Waals surface area contributed by atoms with Gasteiger partial charge in [-0.25, -0.2) is 14.6 Å². The van der Waals surface area contributed by atoms with E-state index in [1.54, 1.807) is 53.2 Å². The highest BCUT2D eigenvalue weighted by Crippen LogP contribution is 2.31. The van der Waals surface area contributed by atoms with Crippen LogP contribution in [0.15, 0.2) is 54.9 Å². The number of fused-ring (bicyclic) bond motifs is 1. The number of amides is 2. The van der Waals surface area contributed by atoms with Gasteiger partial charge in [-0.2, -0.15) is 5.10 Å². The van der Waals surface area contributed by atoms with Crippen molar-refractivity contribution in [2.45, 2.75) is 0 Å². The molecule has 0 saturated carbocycles. The number of aromatic nitrogens is 4. The zero-order valence-electron chi connectivity index (χ0n) is 14.5. The molecule has 5 N–H and O–H groups in total. The number of rotatable bonds is 5. The molecule has 0 fully saturated rings. The van der Waals surface area contributed by atoms with E-state index in [9.17, 15) is 9.59 Å². The minimum absolute atomic E-state index is 0.296. The molecule has 2 aromatic heterocycles. The zero-order chi connectivity index (χ0) is 19.7. The van der Waals surface area contributed by atoms with E-state index < -0.39 is 5.91 Å². The number of carbonyl (C=O) groups is 2. The third kappa shape index (κ3) is 2.90. The van der Waals surface area contributed by atoms with Gasteiger partial charge < -0.3 is 16.8 Å². The Morgan fingerprint density at radius 1 is 1.04 bits per heavy atom. The van der Waals surface area contributed by atoms with E-state index in [1.165, 1.54) is 6.33 Å². The van der Waals surface area contributed by atoms with Gasteiger partial charge in [0.05, 0.1) is 11.1 Å². The van der Waals surface area contributed by atoms with E-state index in [1.807, 2.05) is 0 Å². The van der Waals surface area contributed by atoms with E-state index >= 15 is 0 Å². The van der Waals surface area contributed by atoms with Crippen LogP contribution in [0, 0.1) is 0 Å². The molecule has 28 heavy (non-hydrogen) atoms. The minimum Gasteiger partial charge on any atom is -0.383 e. The van der Waals surface area contributed by atoms with Crippen molar-refractivity contribution in [3.8, 4) is 16.9 Å². The lowest BCUT2D eigenvalue weighted by Crippen LogP contribution is -2.10. The molecular weight excluding hydrogens is 358 g/mol. The van der Waals surface area contributed by atoms with Crippen LogP contribution in [0.5, 0.6) is 0 Å². The molecule has 0 unspecified atom stereocenters. The van der Waals surface area contributed by atoms with Gasteiger partial charge in [0.15, 0.2) is 5.65 Å². The summed E-state index contributed by atoms with van der Waals surface area (Å²) in [6.45, 7) is 0. The summed E-state index contributed by atoms with van der Waals surface area (Å²) >= 11 is 0. The monoisotopic (exact) mass is 373 g/mol. The molecule has 0 bridgehead atoms. The summed E-state index contributed by atoms with van der Waals surface area (Å²) < 4.78 is 1.65. The van der Waals surface area contributed by atoms with Gasteiger partial charge in [-0.05, 0) is 36.4 Å². The van der Waals surface area contributed by atoms with Crippen molar-refractivity contribution in [2.75, 3.05) is 11.1 Å². The SMILES string of the molecule is NC(=O)c1ccc(-c2nn(-c3ccc(NC=O)cc3)c3ncnc(N)c23)cc1. The van der Waals surface area contributed by atoms with Gasteiger partial charge in [-0.3, -0.25) is 9.59 Å². The maximum atomic E-state index is 11.3. The number of nitrogens with two attached hydrogens (primary N) is 2. The van der Waals surface area contributed by atoms with Crippen LogP contribution in [0.1, 0.15) is 10.4 Å². The second kappa shape index (κ2) is 6.80. The predicted octanol–water partition coefficient (Wildman–Crippen LogP) is 1.73. The first-order valence-electron chi connectivity index (χ1n) is 8.28. The second-order valence-corrected chi connectivity index (χ2v) is 5.97. The molecule has 2 amide bonds. The van der Waals surface area contributed by atoms with Crippen LogP contribution in [-0.4, -0.2) is 32.1 Å². The van der Waals surface area contributed by atoms with E-state index in [0.717, 1.165) is 11.3 Å². The summed E-state index contributed by atoms with van der Waals surface area (Å²) in [7, 11) is 0. The molecule has 9 heteroatoms. The predicted molar refractivity (Wildman–Crippen MR) is 105 cm³/mol. The molecular formula is C19H15N7O2. The third-order valence-electron chi connectivity index (χ3n) is 4.27. The number of hydrogen-bond donors (Lipinski definition) is 3. The van der Waals surface area contributed by atoms with Crippen molar-refractivity contribution < 1.29 is 9.59 Å². The number of benzene rings is 2. The molecule has 9 nitrogen and oxygen atoms in total. The minimum atomic E-state index is -0.506. The van der Waals surface area contributed by atoms with Crippen LogP contribution in [-0.2, 0) is 4.79 Å². The maximum Gasteiger partial charge on any atom is 0.248 e. The average molecular weight is 373 g/mol. The summed E-state index contributed by atoms with van der Waals surface area (Å²) in [6, 6.07) is 13.9. The van der Waals surface area contributed by atoms with Gasteiger partial charge >= 0.3 is 0 Å². The summed E-state index contributed by atoms with van der Waals surface area (Å²) in [5, 5.41) is 7.85.